The second-order valence-corrected chi connectivity index (χ2v) is 5.76. The molecule has 0 saturated heterocycles. The zero-order chi connectivity index (χ0) is 12.0. The van der Waals surface area contributed by atoms with Crippen molar-refractivity contribution in [2.75, 3.05) is 5.75 Å². The van der Waals surface area contributed by atoms with Crippen molar-refractivity contribution in [2.45, 2.75) is 30.4 Å². The minimum atomic E-state index is -0.925. The van der Waals surface area contributed by atoms with Crippen LogP contribution in [0.1, 0.15) is 35.9 Å². The number of hydrogen-bond donors (Lipinski definition) is 1. The molecule has 0 aliphatic carbocycles. The normalized spacial score (nSPS) is 10.3. The Morgan fingerprint density at radius 1 is 1.38 bits per heavy atom. The average molecular weight is 258 g/mol. The fourth-order valence-electron chi connectivity index (χ4n) is 1.09. The number of aliphatic carboxylic acids is 1. The Bertz CT molecular complexity index is 371. The monoisotopic (exact) mass is 258 g/mol. The zero-order valence-corrected chi connectivity index (χ0v) is 10.7. The lowest BCUT2D eigenvalue weighted by Gasteiger charge is -1.94. The molecule has 1 aromatic rings. The number of Topliss-reactive ketones (excluding diaryl/α,β-unsaturated/α-hetero) is 1. The molecule has 0 bridgehead atoms. The molecule has 1 heterocycles. The summed E-state index contributed by atoms with van der Waals surface area (Å²) < 4.78 is 1.13. The summed E-state index contributed by atoms with van der Waals surface area (Å²) in [7, 11) is 0. The Kier molecular flexibility index (Phi) is 5.55. The summed E-state index contributed by atoms with van der Waals surface area (Å²) >= 11 is 3.19. The van der Waals surface area contributed by atoms with Crippen LogP contribution in [0.2, 0.25) is 0 Å². The highest BCUT2D eigenvalue weighted by molar-refractivity contribution is 8.01. The number of carbonyl (C=O) groups is 2. The van der Waals surface area contributed by atoms with Gasteiger partial charge < -0.3 is 5.11 Å². The van der Waals surface area contributed by atoms with Gasteiger partial charge in [-0.05, 0) is 24.3 Å². The fourth-order valence-corrected chi connectivity index (χ4v) is 3.12. The molecule has 0 fully saturated rings. The van der Waals surface area contributed by atoms with E-state index in [2.05, 4.69) is 6.92 Å². The van der Waals surface area contributed by atoms with Gasteiger partial charge in [0.2, 0.25) is 0 Å². The van der Waals surface area contributed by atoms with Crippen molar-refractivity contribution in [2.24, 2.45) is 0 Å². The van der Waals surface area contributed by atoms with E-state index in [1.54, 1.807) is 17.8 Å². The van der Waals surface area contributed by atoms with Gasteiger partial charge in [0.1, 0.15) is 0 Å². The number of ketones is 1. The molecule has 1 rings (SSSR count). The molecule has 0 aromatic carbocycles. The third kappa shape index (κ3) is 4.37. The smallest absolute Gasteiger partial charge is 0.303 e. The first-order valence-corrected chi connectivity index (χ1v) is 6.91. The van der Waals surface area contributed by atoms with E-state index in [9.17, 15) is 9.59 Å². The van der Waals surface area contributed by atoms with E-state index in [1.165, 1.54) is 11.3 Å². The van der Waals surface area contributed by atoms with Crippen LogP contribution in [-0.2, 0) is 4.79 Å². The second kappa shape index (κ2) is 6.70. The summed E-state index contributed by atoms with van der Waals surface area (Å²) in [5.74, 6) is 0.0461. The second-order valence-electron chi connectivity index (χ2n) is 3.28. The molecule has 0 aliphatic heterocycles. The molecular weight excluding hydrogens is 244 g/mol. The lowest BCUT2D eigenvalue weighted by molar-refractivity contribution is -0.136. The fraction of sp³-hybridized carbons (Fsp3) is 0.455. The number of thiophene rings is 1. The summed E-state index contributed by atoms with van der Waals surface area (Å²) in [6.07, 6.45) is 1.10. The van der Waals surface area contributed by atoms with E-state index < -0.39 is 5.97 Å². The molecule has 0 aliphatic rings. The summed E-state index contributed by atoms with van der Waals surface area (Å²) in [5, 5.41) is 8.48. The topological polar surface area (TPSA) is 54.4 Å². The van der Waals surface area contributed by atoms with E-state index in [1.807, 2.05) is 6.07 Å². The lowest BCUT2D eigenvalue weighted by Crippen LogP contribution is -2.01. The van der Waals surface area contributed by atoms with Gasteiger partial charge in [-0.3, -0.25) is 9.59 Å². The quantitative estimate of drug-likeness (QED) is 0.602. The molecule has 0 atom stereocenters. The van der Waals surface area contributed by atoms with Crippen LogP contribution in [0.4, 0.5) is 0 Å². The van der Waals surface area contributed by atoms with Crippen LogP contribution < -0.4 is 0 Å². The Hall–Kier alpha value is -0.810. The standard InChI is InChI=1S/C11H14O3S2/c1-2-7-15-11-6-4-9(16-11)8(12)3-5-10(13)14/h4,6H,2-3,5,7H2,1H3,(H,13,14). The largest absolute Gasteiger partial charge is 0.481 e. The molecule has 0 unspecified atom stereocenters. The predicted molar refractivity (Wildman–Crippen MR) is 66.5 cm³/mol. The third-order valence-electron chi connectivity index (χ3n) is 1.87. The van der Waals surface area contributed by atoms with Crippen molar-refractivity contribution in [3.05, 3.63) is 17.0 Å². The van der Waals surface area contributed by atoms with Crippen LogP contribution in [0, 0.1) is 0 Å². The zero-order valence-electron chi connectivity index (χ0n) is 9.06. The van der Waals surface area contributed by atoms with Gasteiger partial charge in [0.25, 0.3) is 0 Å². The third-order valence-corrected chi connectivity index (χ3v) is 4.43. The van der Waals surface area contributed by atoms with Crippen molar-refractivity contribution < 1.29 is 14.7 Å². The molecule has 16 heavy (non-hydrogen) atoms. The Morgan fingerprint density at radius 3 is 2.75 bits per heavy atom. The average Bonchev–Trinajstić information content (AvgIpc) is 2.71. The van der Waals surface area contributed by atoms with Crippen molar-refractivity contribution in [1.29, 1.82) is 0 Å². The van der Waals surface area contributed by atoms with Gasteiger partial charge in [0.15, 0.2) is 5.78 Å². The van der Waals surface area contributed by atoms with Gasteiger partial charge >= 0.3 is 5.97 Å². The molecule has 0 spiro atoms. The molecule has 0 radical (unpaired) electrons. The Morgan fingerprint density at radius 2 is 2.12 bits per heavy atom. The minimum Gasteiger partial charge on any atom is -0.481 e. The summed E-state index contributed by atoms with van der Waals surface area (Å²) in [5.41, 5.74) is 0. The summed E-state index contributed by atoms with van der Waals surface area (Å²) in [4.78, 5) is 22.6. The molecule has 0 amide bonds. The molecule has 88 valence electrons. The van der Waals surface area contributed by atoms with Crippen LogP contribution in [0.3, 0.4) is 0 Å². The number of carbonyl (C=O) groups excluding carboxylic acids is 1. The van der Waals surface area contributed by atoms with Crippen LogP contribution in [0.25, 0.3) is 0 Å². The highest BCUT2D eigenvalue weighted by Crippen LogP contribution is 2.28. The minimum absolute atomic E-state index is 0.0734. The van der Waals surface area contributed by atoms with Gasteiger partial charge in [-0.2, -0.15) is 0 Å². The van der Waals surface area contributed by atoms with Crippen LogP contribution >= 0.6 is 23.1 Å². The van der Waals surface area contributed by atoms with E-state index in [0.717, 1.165) is 16.4 Å². The van der Waals surface area contributed by atoms with Crippen molar-refractivity contribution in [3.63, 3.8) is 0 Å². The maximum atomic E-state index is 11.6. The van der Waals surface area contributed by atoms with Crippen molar-refractivity contribution in [3.8, 4) is 0 Å². The van der Waals surface area contributed by atoms with Gasteiger partial charge in [-0.1, -0.05) is 6.92 Å². The number of carboxylic acids is 1. The highest BCUT2D eigenvalue weighted by atomic mass is 32.2. The van der Waals surface area contributed by atoms with E-state index in [0.29, 0.717) is 4.88 Å². The number of thioether (sulfide) groups is 1. The van der Waals surface area contributed by atoms with Crippen LogP contribution in [0.15, 0.2) is 16.3 Å². The Labute approximate surface area is 103 Å². The van der Waals surface area contributed by atoms with Gasteiger partial charge in [0.05, 0.1) is 15.5 Å². The highest BCUT2D eigenvalue weighted by Gasteiger charge is 2.11. The maximum absolute atomic E-state index is 11.6. The van der Waals surface area contributed by atoms with Crippen LogP contribution in [0.5, 0.6) is 0 Å². The van der Waals surface area contributed by atoms with Gasteiger partial charge in [-0.25, -0.2) is 0 Å². The van der Waals surface area contributed by atoms with E-state index in [-0.39, 0.29) is 18.6 Å². The molecule has 5 heteroatoms. The first-order chi connectivity index (χ1) is 7.63. The molecule has 3 nitrogen and oxygen atoms in total. The molecular formula is C11H14O3S2. The first kappa shape index (κ1) is 13.3. The molecule has 1 N–H and O–H groups in total. The SMILES string of the molecule is CCCSc1ccc(C(=O)CCC(=O)O)s1. The number of hydrogen-bond acceptors (Lipinski definition) is 4. The van der Waals surface area contributed by atoms with Gasteiger partial charge in [-0.15, -0.1) is 23.1 Å². The van der Waals surface area contributed by atoms with Crippen molar-refractivity contribution >= 4 is 34.9 Å². The summed E-state index contributed by atoms with van der Waals surface area (Å²) in [6, 6.07) is 3.71. The number of rotatable bonds is 7. The number of carboxylic acid groups (broad SMARTS) is 1. The molecule has 1 aromatic heterocycles. The Balaban J connectivity index is 2.49. The predicted octanol–water partition coefficient (Wildman–Crippen LogP) is 3.30. The first-order valence-electron chi connectivity index (χ1n) is 5.11. The van der Waals surface area contributed by atoms with E-state index in [4.69, 9.17) is 5.11 Å². The summed E-state index contributed by atoms with van der Waals surface area (Å²) in [6.45, 7) is 2.11. The lowest BCUT2D eigenvalue weighted by atomic mass is 10.2. The van der Waals surface area contributed by atoms with E-state index >= 15 is 0 Å². The maximum Gasteiger partial charge on any atom is 0.303 e. The van der Waals surface area contributed by atoms with Crippen LogP contribution in [-0.4, -0.2) is 22.6 Å². The van der Waals surface area contributed by atoms with Crippen molar-refractivity contribution in [1.82, 2.24) is 0 Å². The van der Waals surface area contributed by atoms with Gasteiger partial charge in [0, 0.05) is 6.42 Å². The molecule has 0 saturated carbocycles.